The van der Waals surface area contributed by atoms with E-state index in [-0.39, 0.29) is 12.7 Å². The van der Waals surface area contributed by atoms with Crippen LogP contribution in [0.3, 0.4) is 0 Å². The van der Waals surface area contributed by atoms with Crippen molar-refractivity contribution in [2.75, 3.05) is 24.8 Å². The van der Waals surface area contributed by atoms with Gasteiger partial charge in [-0.2, -0.15) is 5.10 Å². The highest BCUT2D eigenvalue weighted by atomic mass is 32.1. The van der Waals surface area contributed by atoms with Gasteiger partial charge in [0.15, 0.2) is 22.3 Å². The van der Waals surface area contributed by atoms with E-state index in [2.05, 4.69) is 10.00 Å². The lowest BCUT2D eigenvalue weighted by molar-refractivity contribution is 0.130. The van der Waals surface area contributed by atoms with Gasteiger partial charge < -0.3 is 19.5 Å². The van der Waals surface area contributed by atoms with Crippen molar-refractivity contribution in [3.05, 3.63) is 29.5 Å². The largest absolute Gasteiger partial charge is 0.454 e. The van der Waals surface area contributed by atoms with Crippen LogP contribution in [0, 0.1) is 6.92 Å². The molecule has 7 nitrogen and oxygen atoms in total. The number of rotatable bonds is 2. The SMILES string of the molecule is Cc1nn(C)c2nc(N3CC[C@@H](c4ccc5c(c4)OCO5)[C@H](O)C3)sc12. The van der Waals surface area contributed by atoms with Gasteiger partial charge in [-0.1, -0.05) is 17.4 Å². The summed E-state index contributed by atoms with van der Waals surface area (Å²) in [5.74, 6) is 1.64. The molecule has 2 aromatic heterocycles. The molecule has 0 saturated carbocycles. The van der Waals surface area contributed by atoms with Crippen molar-refractivity contribution in [2.45, 2.75) is 25.4 Å². The van der Waals surface area contributed by atoms with Crippen LogP contribution in [-0.2, 0) is 7.05 Å². The monoisotopic (exact) mass is 372 g/mol. The first-order chi connectivity index (χ1) is 12.6. The standard InChI is InChI=1S/C18H20N4O3S/c1-10-16-17(21(2)20-10)19-18(26-16)22-6-5-12(13(23)8-22)11-3-4-14-15(7-11)25-9-24-14/h3-4,7,12-13,23H,5-6,8-9H2,1-2H3/t12-,13+/m0/s1. The van der Waals surface area contributed by atoms with Crippen LogP contribution in [0.2, 0.25) is 0 Å². The van der Waals surface area contributed by atoms with E-state index in [1.165, 1.54) is 0 Å². The first kappa shape index (κ1) is 15.9. The number of aromatic nitrogens is 3. The lowest BCUT2D eigenvalue weighted by atomic mass is 9.87. The first-order valence-corrected chi connectivity index (χ1v) is 9.54. The number of ether oxygens (including phenoxy) is 2. The Morgan fingerprint density at radius 2 is 2.12 bits per heavy atom. The minimum Gasteiger partial charge on any atom is -0.454 e. The summed E-state index contributed by atoms with van der Waals surface area (Å²) >= 11 is 1.65. The number of hydrogen-bond acceptors (Lipinski definition) is 7. The number of β-amino-alcohol motifs (C(OH)–C–C–N with tert-alkyl or cyclic N) is 1. The van der Waals surface area contributed by atoms with Crippen LogP contribution < -0.4 is 14.4 Å². The van der Waals surface area contributed by atoms with Crippen molar-refractivity contribution in [2.24, 2.45) is 7.05 Å². The van der Waals surface area contributed by atoms with Gasteiger partial charge >= 0.3 is 0 Å². The summed E-state index contributed by atoms with van der Waals surface area (Å²) in [6.45, 7) is 3.71. The van der Waals surface area contributed by atoms with Gasteiger partial charge in [-0.05, 0) is 31.0 Å². The van der Waals surface area contributed by atoms with Crippen LogP contribution in [0.15, 0.2) is 18.2 Å². The molecular weight excluding hydrogens is 352 g/mol. The Morgan fingerprint density at radius 3 is 2.92 bits per heavy atom. The van der Waals surface area contributed by atoms with Crippen LogP contribution in [0.25, 0.3) is 10.3 Å². The number of benzene rings is 1. The average Bonchev–Trinajstić information content (AvgIpc) is 3.32. The lowest BCUT2D eigenvalue weighted by Gasteiger charge is -2.36. The molecule has 8 heteroatoms. The fourth-order valence-electron chi connectivity index (χ4n) is 3.85. The normalized spacial score (nSPS) is 22.3. The number of nitrogens with zero attached hydrogens (tertiary/aromatic N) is 4. The maximum Gasteiger partial charge on any atom is 0.231 e. The number of piperidine rings is 1. The Kier molecular flexibility index (Phi) is 3.58. The van der Waals surface area contributed by atoms with Gasteiger partial charge in [0.25, 0.3) is 0 Å². The molecule has 2 atom stereocenters. The molecule has 2 aliphatic rings. The fourth-order valence-corrected chi connectivity index (χ4v) is 4.91. The molecule has 5 rings (SSSR count). The first-order valence-electron chi connectivity index (χ1n) is 8.73. The van der Waals surface area contributed by atoms with Crippen LogP contribution in [0.1, 0.15) is 23.6 Å². The summed E-state index contributed by atoms with van der Waals surface area (Å²) in [4.78, 5) is 6.91. The Bertz CT molecular complexity index is 948. The third-order valence-electron chi connectivity index (χ3n) is 5.21. The number of anilines is 1. The van der Waals surface area contributed by atoms with E-state index in [0.29, 0.717) is 6.54 Å². The van der Waals surface area contributed by atoms with Gasteiger partial charge in [0.1, 0.15) is 0 Å². The molecule has 1 aromatic carbocycles. The number of aliphatic hydroxyl groups is 1. The van der Waals surface area contributed by atoms with Crippen LogP contribution in [0.5, 0.6) is 11.5 Å². The van der Waals surface area contributed by atoms with Gasteiger partial charge in [-0.15, -0.1) is 0 Å². The van der Waals surface area contributed by atoms with E-state index >= 15 is 0 Å². The van der Waals surface area contributed by atoms with E-state index in [4.69, 9.17) is 14.5 Å². The smallest absolute Gasteiger partial charge is 0.231 e. The molecule has 2 aliphatic heterocycles. The summed E-state index contributed by atoms with van der Waals surface area (Å²) in [5, 5.41) is 16.1. The Morgan fingerprint density at radius 1 is 1.27 bits per heavy atom. The molecule has 1 saturated heterocycles. The molecule has 0 unspecified atom stereocenters. The third-order valence-corrected chi connectivity index (χ3v) is 6.42. The van der Waals surface area contributed by atoms with Crippen molar-refractivity contribution in [3.8, 4) is 11.5 Å². The van der Waals surface area contributed by atoms with Crippen LogP contribution in [0.4, 0.5) is 5.13 Å². The second kappa shape index (κ2) is 5.85. The molecule has 0 radical (unpaired) electrons. The lowest BCUT2D eigenvalue weighted by Crippen LogP contribution is -2.42. The van der Waals surface area contributed by atoms with Crippen molar-refractivity contribution in [3.63, 3.8) is 0 Å². The zero-order chi connectivity index (χ0) is 17.8. The van der Waals surface area contributed by atoms with Gasteiger partial charge in [-0.3, -0.25) is 0 Å². The van der Waals surface area contributed by atoms with E-state index in [1.807, 2.05) is 36.9 Å². The molecule has 3 aromatic rings. The minimum absolute atomic E-state index is 0.0959. The van der Waals surface area contributed by atoms with Gasteiger partial charge in [0, 0.05) is 26.1 Å². The van der Waals surface area contributed by atoms with Crippen molar-refractivity contribution in [1.29, 1.82) is 0 Å². The molecule has 0 bridgehead atoms. The highest BCUT2D eigenvalue weighted by molar-refractivity contribution is 7.22. The van der Waals surface area contributed by atoms with Gasteiger partial charge in [0.2, 0.25) is 6.79 Å². The Balaban J connectivity index is 1.37. The number of aryl methyl sites for hydroxylation is 2. The molecule has 0 amide bonds. The summed E-state index contributed by atoms with van der Waals surface area (Å²) < 4.78 is 13.8. The number of aliphatic hydroxyl groups excluding tert-OH is 1. The van der Waals surface area contributed by atoms with Gasteiger partial charge in [-0.25, -0.2) is 9.67 Å². The summed E-state index contributed by atoms with van der Waals surface area (Å²) in [6.07, 6.45) is 0.420. The molecular formula is C18H20N4O3S. The summed E-state index contributed by atoms with van der Waals surface area (Å²) in [6, 6.07) is 5.96. The highest BCUT2D eigenvalue weighted by Crippen LogP contribution is 2.39. The fraction of sp³-hybridized carbons (Fsp3) is 0.444. The van der Waals surface area contributed by atoms with E-state index in [1.54, 1.807) is 11.3 Å². The summed E-state index contributed by atoms with van der Waals surface area (Å²) in [5.41, 5.74) is 3.02. The molecule has 4 heterocycles. The zero-order valence-electron chi connectivity index (χ0n) is 14.7. The second-order valence-corrected chi connectivity index (χ2v) is 7.86. The second-order valence-electron chi connectivity index (χ2n) is 6.88. The van der Waals surface area contributed by atoms with E-state index in [9.17, 15) is 5.11 Å². The van der Waals surface area contributed by atoms with Gasteiger partial charge in [0.05, 0.1) is 16.5 Å². The maximum atomic E-state index is 10.8. The minimum atomic E-state index is -0.449. The predicted octanol–water partition coefficient (Wildman–Crippen LogP) is 2.42. The van der Waals surface area contributed by atoms with E-state index < -0.39 is 6.10 Å². The summed E-state index contributed by atoms with van der Waals surface area (Å²) in [7, 11) is 1.92. The quantitative estimate of drug-likeness (QED) is 0.745. The Labute approximate surface area is 154 Å². The van der Waals surface area contributed by atoms with Crippen molar-refractivity contribution in [1.82, 2.24) is 14.8 Å². The van der Waals surface area contributed by atoms with Crippen molar-refractivity contribution < 1.29 is 14.6 Å². The van der Waals surface area contributed by atoms with Crippen molar-refractivity contribution >= 4 is 26.8 Å². The third kappa shape index (κ3) is 2.44. The van der Waals surface area contributed by atoms with Crippen LogP contribution in [-0.4, -0.2) is 45.9 Å². The molecule has 26 heavy (non-hydrogen) atoms. The molecule has 1 N–H and O–H groups in total. The number of thiazole rings is 1. The molecule has 1 fully saturated rings. The predicted molar refractivity (Wildman–Crippen MR) is 99.3 cm³/mol. The van der Waals surface area contributed by atoms with E-state index in [0.717, 1.165) is 51.2 Å². The average molecular weight is 372 g/mol. The number of fused-ring (bicyclic) bond motifs is 2. The Hall–Kier alpha value is -2.32. The number of hydrogen-bond donors (Lipinski definition) is 1. The molecule has 0 aliphatic carbocycles. The highest BCUT2D eigenvalue weighted by Gasteiger charge is 2.31. The molecule has 0 spiro atoms. The maximum absolute atomic E-state index is 10.8. The topological polar surface area (TPSA) is 72.6 Å². The van der Waals surface area contributed by atoms with Crippen LogP contribution >= 0.6 is 11.3 Å². The zero-order valence-corrected chi connectivity index (χ0v) is 15.5. The molecule has 136 valence electrons.